The van der Waals surface area contributed by atoms with Gasteiger partial charge in [0.1, 0.15) is 5.75 Å². The molecule has 1 aliphatic heterocycles. The van der Waals surface area contributed by atoms with Crippen LogP contribution in [-0.2, 0) is 4.74 Å². The van der Waals surface area contributed by atoms with Gasteiger partial charge in [-0.25, -0.2) is 0 Å². The zero-order valence-corrected chi connectivity index (χ0v) is 10.9. The molecular weight excluding hydrogens is 242 g/mol. The van der Waals surface area contributed by atoms with Crippen LogP contribution in [0.4, 0.5) is 0 Å². The molecule has 1 aromatic carbocycles. The van der Waals surface area contributed by atoms with E-state index in [9.17, 15) is 4.79 Å². The van der Waals surface area contributed by atoms with Gasteiger partial charge in [-0.3, -0.25) is 4.79 Å². The Labute approximate surface area is 111 Å². The van der Waals surface area contributed by atoms with Crippen LogP contribution in [0.25, 0.3) is 10.9 Å². The number of benzene rings is 1. The molecule has 1 N–H and O–H groups in total. The number of ether oxygens (including phenoxy) is 2. The third-order valence-electron chi connectivity index (χ3n) is 3.62. The van der Waals surface area contributed by atoms with E-state index in [2.05, 4.69) is 4.98 Å². The predicted molar refractivity (Wildman–Crippen MR) is 72.8 cm³/mol. The van der Waals surface area contributed by atoms with Crippen molar-refractivity contribution in [2.45, 2.75) is 25.4 Å². The zero-order chi connectivity index (χ0) is 13.2. The number of methoxy groups -OCH3 is 1. The molecule has 1 atom stereocenters. The standard InChI is InChI=1S/C15H17NO3/c1-18-14-6-2-5-12-15(14)11(9-16-12)13(17)8-10-4-3-7-19-10/h2,5-6,9-10,16H,3-4,7-8H2,1H3. The maximum absolute atomic E-state index is 12.4. The van der Waals surface area contributed by atoms with Gasteiger partial charge in [-0.15, -0.1) is 0 Å². The molecule has 2 aromatic rings. The number of hydrogen-bond donors (Lipinski definition) is 1. The van der Waals surface area contributed by atoms with Gasteiger partial charge in [-0.1, -0.05) is 6.07 Å². The lowest BCUT2D eigenvalue weighted by Crippen LogP contribution is -2.12. The molecule has 1 fully saturated rings. The summed E-state index contributed by atoms with van der Waals surface area (Å²) in [7, 11) is 1.62. The molecule has 0 amide bonds. The highest BCUT2D eigenvalue weighted by molar-refractivity contribution is 6.10. The summed E-state index contributed by atoms with van der Waals surface area (Å²) in [5, 5.41) is 0.869. The van der Waals surface area contributed by atoms with Crippen LogP contribution in [0.2, 0.25) is 0 Å². The quantitative estimate of drug-likeness (QED) is 0.859. The molecular formula is C15H17NO3. The minimum Gasteiger partial charge on any atom is -0.496 e. The predicted octanol–water partition coefficient (Wildman–Crippen LogP) is 2.93. The summed E-state index contributed by atoms with van der Waals surface area (Å²) in [6.45, 7) is 0.773. The number of carbonyl (C=O) groups excluding carboxylic acids is 1. The number of H-pyrrole nitrogens is 1. The topological polar surface area (TPSA) is 51.3 Å². The lowest BCUT2D eigenvalue weighted by Gasteiger charge is -2.08. The summed E-state index contributed by atoms with van der Waals surface area (Å²) in [5.41, 5.74) is 1.62. The van der Waals surface area contributed by atoms with Crippen molar-refractivity contribution in [1.29, 1.82) is 0 Å². The number of Topliss-reactive ketones (excluding diaryl/α,β-unsaturated/α-hetero) is 1. The Morgan fingerprint density at radius 3 is 3.16 bits per heavy atom. The van der Waals surface area contributed by atoms with Crippen molar-refractivity contribution in [1.82, 2.24) is 4.98 Å². The largest absolute Gasteiger partial charge is 0.496 e. The Morgan fingerprint density at radius 1 is 1.53 bits per heavy atom. The van der Waals surface area contributed by atoms with E-state index in [1.165, 1.54) is 0 Å². The van der Waals surface area contributed by atoms with Crippen molar-refractivity contribution in [3.05, 3.63) is 30.0 Å². The third-order valence-corrected chi connectivity index (χ3v) is 3.62. The Kier molecular flexibility index (Phi) is 3.25. The Balaban J connectivity index is 1.93. The second kappa shape index (κ2) is 5.05. The maximum Gasteiger partial charge on any atom is 0.167 e. The lowest BCUT2D eigenvalue weighted by molar-refractivity contribution is 0.0777. The number of nitrogens with one attached hydrogen (secondary N) is 1. The first kappa shape index (κ1) is 12.2. The van der Waals surface area contributed by atoms with E-state index in [4.69, 9.17) is 9.47 Å². The Hall–Kier alpha value is -1.81. The van der Waals surface area contributed by atoms with Gasteiger partial charge in [0.05, 0.1) is 18.6 Å². The number of carbonyl (C=O) groups is 1. The van der Waals surface area contributed by atoms with Gasteiger partial charge in [0.2, 0.25) is 0 Å². The molecule has 1 aliphatic rings. The van der Waals surface area contributed by atoms with Crippen molar-refractivity contribution in [3.8, 4) is 5.75 Å². The average molecular weight is 259 g/mol. The molecule has 1 unspecified atom stereocenters. The number of ketones is 1. The monoisotopic (exact) mass is 259 g/mol. The van der Waals surface area contributed by atoms with E-state index in [1.54, 1.807) is 13.3 Å². The van der Waals surface area contributed by atoms with Crippen molar-refractivity contribution >= 4 is 16.7 Å². The fraction of sp³-hybridized carbons (Fsp3) is 0.400. The van der Waals surface area contributed by atoms with Crippen molar-refractivity contribution < 1.29 is 14.3 Å². The van der Waals surface area contributed by atoms with Crippen molar-refractivity contribution in [2.75, 3.05) is 13.7 Å². The van der Waals surface area contributed by atoms with Crippen molar-refractivity contribution in [2.24, 2.45) is 0 Å². The van der Waals surface area contributed by atoms with Crippen molar-refractivity contribution in [3.63, 3.8) is 0 Å². The minimum atomic E-state index is 0.0761. The van der Waals surface area contributed by atoms with Crippen LogP contribution in [-0.4, -0.2) is 30.6 Å². The zero-order valence-electron chi connectivity index (χ0n) is 10.9. The fourth-order valence-electron chi connectivity index (χ4n) is 2.66. The van der Waals surface area contributed by atoms with E-state index < -0.39 is 0 Å². The van der Waals surface area contributed by atoms with Crippen LogP contribution >= 0.6 is 0 Å². The highest BCUT2D eigenvalue weighted by Crippen LogP contribution is 2.30. The molecule has 0 spiro atoms. The third kappa shape index (κ3) is 2.24. The van der Waals surface area contributed by atoms with Gasteiger partial charge in [0.15, 0.2) is 5.78 Å². The normalized spacial score (nSPS) is 18.9. The number of aromatic amines is 1. The lowest BCUT2D eigenvalue weighted by atomic mass is 10.0. The van der Waals surface area contributed by atoms with Crippen LogP contribution in [0.1, 0.15) is 29.6 Å². The first-order valence-corrected chi connectivity index (χ1v) is 6.58. The Morgan fingerprint density at radius 2 is 2.42 bits per heavy atom. The first-order chi connectivity index (χ1) is 9.29. The number of rotatable bonds is 4. The molecule has 0 bridgehead atoms. The summed E-state index contributed by atoms with van der Waals surface area (Å²) in [6.07, 6.45) is 4.32. The van der Waals surface area contributed by atoms with Crippen LogP contribution in [0.15, 0.2) is 24.4 Å². The van der Waals surface area contributed by atoms with E-state index in [0.717, 1.165) is 36.1 Å². The number of hydrogen-bond acceptors (Lipinski definition) is 3. The highest BCUT2D eigenvalue weighted by Gasteiger charge is 2.22. The molecule has 0 radical (unpaired) electrons. The fourth-order valence-corrected chi connectivity index (χ4v) is 2.66. The van der Waals surface area contributed by atoms with E-state index >= 15 is 0 Å². The molecule has 0 aliphatic carbocycles. The van der Waals surface area contributed by atoms with E-state index in [-0.39, 0.29) is 11.9 Å². The minimum absolute atomic E-state index is 0.0761. The molecule has 100 valence electrons. The molecule has 1 aromatic heterocycles. The van der Waals surface area contributed by atoms with Crippen LogP contribution in [0, 0.1) is 0 Å². The summed E-state index contributed by atoms with van der Waals surface area (Å²) >= 11 is 0. The summed E-state index contributed by atoms with van der Waals surface area (Å²) in [4.78, 5) is 15.5. The molecule has 1 saturated heterocycles. The maximum atomic E-state index is 12.4. The van der Waals surface area contributed by atoms with E-state index in [1.807, 2.05) is 18.2 Å². The summed E-state index contributed by atoms with van der Waals surface area (Å²) in [5.74, 6) is 0.845. The molecule has 19 heavy (non-hydrogen) atoms. The van der Waals surface area contributed by atoms with Crippen LogP contribution in [0.5, 0.6) is 5.75 Å². The van der Waals surface area contributed by atoms with Gasteiger partial charge in [-0.2, -0.15) is 0 Å². The smallest absolute Gasteiger partial charge is 0.167 e. The molecule has 0 saturated carbocycles. The van der Waals surface area contributed by atoms with Crippen LogP contribution < -0.4 is 4.74 Å². The molecule has 2 heterocycles. The molecule has 4 nitrogen and oxygen atoms in total. The SMILES string of the molecule is COc1cccc2[nH]cc(C(=O)CC3CCCO3)c12. The second-order valence-electron chi connectivity index (χ2n) is 4.85. The number of aromatic nitrogens is 1. The molecule has 3 rings (SSSR count). The molecule has 4 heteroatoms. The second-order valence-corrected chi connectivity index (χ2v) is 4.85. The van der Waals surface area contributed by atoms with Crippen LogP contribution in [0.3, 0.4) is 0 Å². The summed E-state index contributed by atoms with van der Waals surface area (Å²) < 4.78 is 10.9. The van der Waals surface area contributed by atoms with E-state index in [0.29, 0.717) is 12.0 Å². The van der Waals surface area contributed by atoms with Gasteiger partial charge in [0, 0.05) is 30.3 Å². The van der Waals surface area contributed by atoms with Gasteiger partial charge >= 0.3 is 0 Å². The van der Waals surface area contributed by atoms with Gasteiger partial charge < -0.3 is 14.5 Å². The Bertz CT molecular complexity index is 596. The van der Waals surface area contributed by atoms with Gasteiger partial charge in [-0.05, 0) is 25.0 Å². The number of fused-ring (bicyclic) bond motifs is 1. The van der Waals surface area contributed by atoms with Gasteiger partial charge in [0.25, 0.3) is 0 Å². The first-order valence-electron chi connectivity index (χ1n) is 6.58. The highest BCUT2D eigenvalue weighted by atomic mass is 16.5. The summed E-state index contributed by atoms with van der Waals surface area (Å²) in [6, 6.07) is 5.73. The average Bonchev–Trinajstić information content (AvgIpc) is 3.06.